The Morgan fingerprint density at radius 3 is 1.83 bits per heavy atom. The summed E-state index contributed by atoms with van der Waals surface area (Å²) < 4.78 is 5.32. The molecule has 0 aliphatic carbocycles. The van der Waals surface area contributed by atoms with Crippen molar-refractivity contribution in [1.29, 1.82) is 0 Å². The molecule has 0 aliphatic heterocycles. The van der Waals surface area contributed by atoms with Gasteiger partial charge < -0.3 is 4.74 Å². The maximum absolute atomic E-state index is 5.32. The van der Waals surface area contributed by atoms with Crippen LogP contribution in [0.3, 0.4) is 0 Å². The van der Waals surface area contributed by atoms with Crippen LogP contribution in [0.1, 0.15) is 84.5 Å². The number of unbranched alkanes of at least 4 members (excludes halogenated alkanes) is 9. The van der Waals surface area contributed by atoms with E-state index in [9.17, 15) is 0 Å². The van der Waals surface area contributed by atoms with E-state index in [0.717, 1.165) is 13.2 Å². The number of allylic oxidation sites excluding steroid dienone is 2. The van der Waals surface area contributed by atoms with Gasteiger partial charge in [-0.25, -0.2) is 0 Å². The van der Waals surface area contributed by atoms with Gasteiger partial charge in [0.2, 0.25) is 0 Å². The third-order valence-electron chi connectivity index (χ3n) is 3.25. The van der Waals surface area contributed by atoms with Crippen LogP contribution in [0.25, 0.3) is 0 Å². The summed E-state index contributed by atoms with van der Waals surface area (Å²) in [5.74, 6) is 0. The van der Waals surface area contributed by atoms with Crippen LogP contribution in [0.2, 0.25) is 0 Å². The molecule has 0 saturated carbocycles. The highest BCUT2D eigenvalue weighted by atomic mass is 16.5. The molecule has 0 saturated heterocycles. The van der Waals surface area contributed by atoms with Crippen molar-refractivity contribution < 1.29 is 4.74 Å². The van der Waals surface area contributed by atoms with Crippen LogP contribution in [0, 0.1) is 0 Å². The van der Waals surface area contributed by atoms with Crippen molar-refractivity contribution in [2.75, 3.05) is 13.2 Å². The summed E-state index contributed by atoms with van der Waals surface area (Å²) >= 11 is 0. The van der Waals surface area contributed by atoms with Gasteiger partial charge in [-0.1, -0.05) is 57.6 Å². The molecule has 0 heterocycles. The number of ether oxygens (including phenoxy) is 1. The first-order valence-electron chi connectivity index (χ1n) is 8.14. The molecular weight excluding hydrogens is 220 g/mol. The minimum atomic E-state index is 0.864. The summed E-state index contributed by atoms with van der Waals surface area (Å²) in [5, 5.41) is 0. The van der Waals surface area contributed by atoms with E-state index in [1.165, 1.54) is 70.6 Å². The molecule has 0 N–H and O–H groups in total. The first kappa shape index (κ1) is 17.7. The molecule has 1 heteroatoms. The Labute approximate surface area is 115 Å². The molecular formula is C17H34O. The average Bonchev–Trinajstić information content (AvgIpc) is 2.39. The fourth-order valence-electron chi connectivity index (χ4n) is 2.07. The summed E-state index contributed by atoms with van der Waals surface area (Å²) in [5.41, 5.74) is 0. The number of hydrogen-bond acceptors (Lipinski definition) is 1. The monoisotopic (exact) mass is 254 g/mol. The van der Waals surface area contributed by atoms with E-state index in [1.54, 1.807) is 0 Å². The van der Waals surface area contributed by atoms with E-state index in [-0.39, 0.29) is 0 Å². The van der Waals surface area contributed by atoms with Gasteiger partial charge in [-0.2, -0.15) is 0 Å². The molecule has 18 heavy (non-hydrogen) atoms. The summed E-state index contributed by atoms with van der Waals surface area (Å²) in [7, 11) is 0. The smallest absolute Gasteiger partial charge is 0.0465 e. The summed E-state index contributed by atoms with van der Waals surface area (Å²) in [6.07, 6.45) is 19.5. The van der Waals surface area contributed by atoms with E-state index >= 15 is 0 Å². The first-order chi connectivity index (χ1) is 8.91. The van der Waals surface area contributed by atoms with Gasteiger partial charge in [-0.3, -0.25) is 0 Å². The predicted molar refractivity (Wildman–Crippen MR) is 82.1 cm³/mol. The van der Waals surface area contributed by atoms with Gasteiger partial charge in [0, 0.05) is 13.2 Å². The van der Waals surface area contributed by atoms with E-state index < -0.39 is 0 Å². The van der Waals surface area contributed by atoms with Gasteiger partial charge in [-0.15, -0.1) is 0 Å². The fraction of sp³-hybridized carbons (Fsp3) is 0.882. The van der Waals surface area contributed by atoms with Gasteiger partial charge in [0.1, 0.15) is 0 Å². The standard InChI is InChI=1S/C17H34O/c1-3-5-6-7-8-9-10-11-12-13-14-15-16-17-18-4-2/h9-10H,3-8,11-17H2,1-2H3/b10-9-. The highest BCUT2D eigenvalue weighted by Crippen LogP contribution is 2.07. The molecule has 0 spiro atoms. The summed E-state index contributed by atoms with van der Waals surface area (Å²) in [6, 6.07) is 0. The van der Waals surface area contributed by atoms with Crippen molar-refractivity contribution in [3.63, 3.8) is 0 Å². The summed E-state index contributed by atoms with van der Waals surface area (Å²) in [6.45, 7) is 6.15. The lowest BCUT2D eigenvalue weighted by molar-refractivity contribution is 0.143. The Bertz CT molecular complexity index is 163. The first-order valence-corrected chi connectivity index (χ1v) is 8.14. The number of hydrogen-bond donors (Lipinski definition) is 0. The summed E-state index contributed by atoms with van der Waals surface area (Å²) in [4.78, 5) is 0. The van der Waals surface area contributed by atoms with Crippen molar-refractivity contribution in [2.24, 2.45) is 0 Å². The van der Waals surface area contributed by atoms with Gasteiger partial charge >= 0.3 is 0 Å². The molecule has 0 radical (unpaired) electrons. The Balaban J connectivity index is 2.99. The van der Waals surface area contributed by atoms with E-state index in [0.29, 0.717) is 0 Å². The van der Waals surface area contributed by atoms with Crippen molar-refractivity contribution in [1.82, 2.24) is 0 Å². The molecule has 0 aromatic rings. The van der Waals surface area contributed by atoms with E-state index in [2.05, 4.69) is 26.0 Å². The zero-order valence-electron chi connectivity index (χ0n) is 12.8. The van der Waals surface area contributed by atoms with Gasteiger partial charge in [0.25, 0.3) is 0 Å². The molecule has 0 amide bonds. The second-order valence-electron chi connectivity index (χ2n) is 5.07. The van der Waals surface area contributed by atoms with Crippen molar-refractivity contribution in [2.45, 2.75) is 84.5 Å². The zero-order chi connectivity index (χ0) is 13.3. The number of rotatable bonds is 14. The third kappa shape index (κ3) is 15.7. The van der Waals surface area contributed by atoms with Crippen LogP contribution in [-0.2, 0) is 4.74 Å². The van der Waals surface area contributed by atoms with E-state index in [4.69, 9.17) is 4.74 Å². The minimum Gasteiger partial charge on any atom is -0.382 e. The maximum atomic E-state index is 5.32. The molecule has 108 valence electrons. The second kappa shape index (κ2) is 16.7. The van der Waals surface area contributed by atoms with Gasteiger partial charge in [-0.05, 0) is 39.0 Å². The molecule has 1 nitrogen and oxygen atoms in total. The van der Waals surface area contributed by atoms with Crippen LogP contribution in [0.4, 0.5) is 0 Å². The molecule has 0 atom stereocenters. The lowest BCUT2D eigenvalue weighted by Gasteiger charge is -2.01. The van der Waals surface area contributed by atoms with Gasteiger partial charge in [0.15, 0.2) is 0 Å². The largest absolute Gasteiger partial charge is 0.382 e. The Morgan fingerprint density at radius 2 is 1.22 bits per heavy atom. The lowest BCUT2D eigenvalue weighted by Crippen LogP contribution is -1.92. The van der Waals surface area contributed by atoms with Crippen LogP contribution < -0.4 is 0 Å². The maximum Gasteiger partial charge on any atom is 0.0465 e. The average molecular weight is 254 g/mol. The fourth-order valence-corrected chi connectivity index (χ4v) is 2.07. The Hall–Kier alpha value is -0.300. The SMILES string of the molecule is CCCCCC/C=C\CCCCCCCOCC. The van der Waals surface area contributed by atoms with Crippen molar-refractivity contribution >= 4 is 0 Å². The lowest BCUT2D eigenvalue weighted by atomic mass is 10.1. The molecule has 0 bridgehead atoms. The van der Waals surface area contributed by atoms with Crippen molar-refractivity contribution in [3.05, 3.63) is 12.2 Å². The van der Waals surface area contributed by atoms with Crippen LogP contribution >= 0.6 is 0 Å². The van der Waals surface area contributed by atoms with Crippen LogP contribution in [0.5, 0.6) is 0 Å². The third-order valence-corrected chi connectivity index (χ3v) is 3.25. The van der Waals surface area contributed by atoms with Gasteiger partial charge in [0.05, 0.1) is 0 Å². The predicted octanol–water partition coefficient (Wildman–Crippen LogP) is 5.89. The Morgan fingerprint density at radius 1 is 0.667 bits per heavy atom. The quantitative estimate of drug-likeness (QED) is 0.277. The highest BCUT2D eigenvalue weighted by Gasteiger charge is 1.90. The molecule has 0 unspecified atom stereocenters. The molecule has 0 aromatic carbocycles. The molecule has 0 aliphatic rings. The normalized spacial score (nSPS) is 11.4. The van der Waals surface area contributed by atoms with Crippen LogP contribution in [-0.4, -0.2) is 13.2 Å². The van der Waals surface area contributed by atoms with Crippen LogP contribution in [0.15, 0.2) is 12.2 Å². The molecule has 0 aromatic heterocycles. The zero-order valence-corrected chi connectivity index (χ0v) is 12.8. The Kier molecular flexibility index (Phi) is 16.4. The topological polar surface area (TPSA) is 9.23 Å². The molecule has 0 rings (SSSR count). The molecule has 0 fully saturated rings. The second-order valence-corrected chi connectivity index (χ2v) is 5.07. The van der Waals surface area contributed by atoms with E-state index in [1.807, 2.05) is 0 Å². The minimum absolute atomic E-state index is 0.864. The van der Waals surface area contributed by atoms with Crippen molar-refractivity contribution in [3.8, 4) is 0 Å². The highest BCUT2D eigenvalue weighted by molar-refractivity contribution is 4.81.